The zero-order chi connectivity index (χ0) is 17.8. The monoisotopic (exact) mass is 341 g/mol. The largest absolute Gasteiger partial charge is 0.394 e. The second-order valence-electron chi connectivity index (χ2n) is 6.00. The van der Waals surface area contributed by atoms with Gasteiger partial charge in [-0.3, -0.25) is 4.90 Å². The molecular formula is C19H20FN3O2. The molecule has 1 N–H and O–H groups in total. The molecule has 0 aliphatic rings. The summed E-state index contributed by atoms with van der Waals surface area (Å²) in [6, 6.07) is 13.7. The van der Waals surface area contributed by atoms with Crippen LogP contribution in [0.25, 0.3) is 11.5 Å². The van der Waals surface area contributed by atoms with Crippen LogP contribution < -0.4 is 0 Å². The number of nitrogens with zero attached hydrogens (tertiary/aromatic N) is 3. The number of aliphatic hydroxyl groups is 1. The number of likely N-dealkylation sites (N-methyl/N-ethyl adjacent to an activating group) is 1. The maximum absolute atomic E-state index is 13.4. The van der Waals surface area contributed by atoms with E-state index in [1.54, 1.807) is 12.1 Å². The number of aliphatic hydroxyl groups excluding tert-OH is 1. The molecule has 0 fully saturated rings. The van der Waals surface area contributed by atoms with Crippen molar-refractivity contribution < 1.29 is 14.0 Å². The summed E-state index contributed by atoms with van der Waals surface area (Å²) < 4.78 is 18.8. The Morgan fingerprint density at radius 3 is 2.72 bits per heavy atom. The van der Waals surface area contributed by atoms with Crippen LogP contribution in [0, 0.1) is 12.7 Å². The molecule has 0 amide bonds. The number of hydrogen-bond donors (Lipinski definition) is 1. The molecule has 5 nitrogen and oxygen atoms in total. The third kappa shape index (κ3) is 3.92. The highest BCUT2D eigenvalue weighted by Gasteiger charge is 2.19. The highest BCUT2D eigenvalue weighted by atomic mass is 19.1. The minimum Gasteiger partial charge on any atom is -0.394 e. The highest BCUT2D eigenvalue weighted by molar-refractivity contribution is 5.57. The summed E-state index contributed by atoms with van der Waals surface area (Å²) in [5.74, 6) is 0.647. The lowest BCUT2D eigenvalue weighted by Crippen LogP contribution is -2.27. The topological polar surface area (TPSA) is 62.4 Å². The van der Waals surface area contributed by atoms with Crippen LogP contribution in [0.3, 0.4) is 0 Å². The van der Waals surface area contributed by atoms with Crippen molar-refractivity contribution in [2.45, 2.75) is 19.5 Å². The molecule has 0 aliphatic carbocycles. The van der Waals surface area contributed by atoms with Gasteiger partial charge in [-0.2, -0.15) is 4.98 Å². The fourth-order valence-electron chi connectivity index (χ4n) is 2.79. The Hall–Kier alpha value is -2.57. The van der Waals surface area contributed by atoms with Gasteiger partial charge in [0.15, 0.2) is 5.82 Å². The van der Waals surface area contributed by atoms with Crippen molar-refractivity contribution in [2.75, 3.05) is 13.7 Å². The van der Waals surface area contributed by atoms with Gasteiger partial charge in [0.25, 0.3) is 5.89 Å². The minimum absolute atomic E-state index is 0.136. The lowest BCUT2D eigenvalue weighted by atomic mass is 10.1. The molecule has 0 unspecified atom stereocenters. The van der Waals surface area contributed by atoms with Crippen molar-refractivity contribution in [3.63, 3.8) is 0 Å². The van der Waals surface area contributed by atoms with E-state index in [1.165, 1.54) is 12.1 Å². The summed E-state index contributed by atoms with van der Waals surface area (Å²) in [6.07, 6.45) is 0. The number of benzene rings is 2. The molecule has 0 radical (unpaired) electrons. The smallest absolute Gasteiger partial charge is 0.258 e. The molecule has 1 heterocycles. The number of rotatable bonds is 6. The summed E-state index contributed by atoms with van der Waals surface area (Å²) in [5, 5.41) is 13.7. The number of aromatic nitrogens is 2. The van der Waals surface area contributed by atoms with Crippen molar-refractivity contribution in [2.24, 2.45) is 0 Å². The SMILES string of the molecule is Cc1ccccc1-c1nc(CN(C)[C@@H](CO)c2cccc(F)c2)no1. The first-order chi connectivity index (χ1) is 12.1. The molecule has 25 heavy (non-hydrogen) atoms. The van der Waals surface area contributed by atoms with E-state index in [2.05, 4.69) is 10.1 Å². The van der Waals surface area contributed by atoms with Crippen LogP contribution in [0.1, 0.15) is 23.0 Å². The first-order valence-corrected chi connectivity index (χ1v) is 8.03. The minimum atomic E-state index is -0.351. The van der Waals surface area contributed by atoms with Crippen LogP contribution in [0.5, 0.6) is 0 Å². The average molecular weight is 341 g/mol. The Bertz CT molecular complexity index is 850. The van der Waals surface area contributed by atoms with Gasteiger partial charge in [-0.15, -0.1) is 0 Å². The zero-order valence-electron chi connectivity index (χ0n) is 14.2. The Labute approximate surface area is 145 Å². The van der Waals surface area contributed by atoms with Crippen molar-refractivity contribution in [3.05, 3.63) is 71.3 Å². The summed E-state index contributed by atoms with van der Waals surface area (Å²) in [7, 11) is 1.83. The van der Waals surface area contributed by atoms with E-state index in [1.807, 2.05) is 43.1 Å². The molecule has 0 bridgehead atoms. The Balaban J connectivity index is 1.77. The van der Waals surface area contributed by atoms with Crippen LogP contribution >= 0.6 is 0 Å². The average Bonchev–Trinajstić information content (AvgIpc) is 3.04. The number of hydrogen-bond acceptors (Lipinski definition) is 5. The fourth-order valence-corrected chi connectivity index (χ4v) is 2.79. The molecule has 1 atom stereocenters. The second kappa shape index (κ2) is 7.55. The van der Waals surface area contributed by atoms with E-state index in [0.717, 1.165) is 11.1 Å². The van der Waals surface area contributed by atoms with Crippen molar-refractivity contribution >= 4 is 0 Å². The van der Waals surface area contributed by atoms with E-state index in [9.17, 15) is 9.50 Å². The standard InChI is InChI=1S/C19H20FN3O2/c1-13-6-3-4-9-16(13)19-21-18(22-25-19)11-23(2)17(12-24)14-7-5-8-15(20)10-14/h3-10,17,24H,11-12H2,1-2H3/t17-/m0/s1. The molecule has 2 aromatic carbocycles. The molecule has 1 aromatic heterocycles. The number of halogens is 1. The van der Waals surface area contributed by atoms with E-state index in [0.29, 0.717) is 23.8 Å². The lowest BCUT2D eigenvalue weighted by molar-refractivity contribution is 0.139. The first-order valence-electron chi connectivity index (χ1n) is 8.03. The van der Waals surface area contributed by atoms with Gasteiger partial charge in [0.05, 0.1) is 19.2 Å². The van der Waals surface area contributed by atoms with Gasteiger partial charge >= 0.3 is 0 Å². The molecular weight excluding hydrogens is 321 g/mol. The van der Waals surface area contributed by atoms with Crippen LogP contribution in [-0.4, -0.2) is 33.8 Å². The molecule has 130 valence electrons. The van der Waals surface area contributed by atoms with Gasteiger partial charge in [-0.05, 0) is 43.3 Å². The van der Waals surface area contributed by atoms with Crippen molar-refractivity contribution in [1.82, 2.24) is 15.0 Å². The molecule has 3 rings (SSSR count). The summed E-state index contributed by atoms with van der Waals surface area (Å²) in [6.45, 7) is 2.22. The lowest BCUT2D eigenvalue weighted by Gasteiger charge is -2.25. The molecule has 6 heteroatoms. The van der Waals surface area contributed by atoms with Gasteiger partial charge in [0, 0.05) is 5.56 Å². The van der Waals surface area contributed by atoms with E-state index >= 15 is 0 Å². The van der Waals surface area contributed by atoms with E-state index < -0.39 is 0 Å². The fraction of sp³-hybridized carbons (Fsp3) is 0.263. The van der Waals surface area contributed by atoms with Crippen LogP contribution in [0.4, 0.5) is 4.39 Å². The molecule has 3 aromatic rings. The third-order valence-electron chi connectivity index (χ3n) is 4.17. The quantitative estimate of drug-likeness (QED) is 0.745. The molecule has 0 saturated carbocycles. The number of aryl methyl sites for hydroxylation is 1. The predicted octanol–water partition coefficient (Wildman–Crippen LogP) is 3.35. The zero-order valence-corrected chi connectivity index (χ0v) is 14.2. The predicted molar refractivity (Wildman–Crippen MR) is 92.2 cm³/mol. The van der Waals surface area contributed by atoms with E-state index in [-0.39, 0.29) is 18.5 Å². The summed E-state index contributed by atoms with van der Waals surface area (Å²) in [4.78, 5) is 6.30. The third-order valence-corrected chi connectivity index (χ3v) is 4.17. The van der Waals surface area contributed by atoms with Gasteiger partial charge in [-0.1, -0.05) is 35.5 Å². The van der Waals surface area contributed by atoms with Gasteiger partial charge in [0.1, 0.15) is 5.82 Å². The van der Waals surface area contributed by atoms with Gasteiger partial charge in [-0.25, -0.2) is 4.39 Å². The van der Waals surface area contributed by atoms with Crippen LogP contribution in [0.2, 0.25) is 0 Å². The normalized spacial score (nSPS) is 12.5. The van der Waals surface area contributed by atoms with Crippen molar-refractivity contribution in [3.8, 4) is 11.5 Å². The molecule has 0 spiro atoms. The Morgan fingerprint density at radius 1 is 1.20 bits per heavy atom. The Kier molecular flexibility index (Phi) is 5.21. The first kappa shape index (κ1) is 17.3. The van der Waals surface area contributed by atoms with Gasteiger partial charge in [0.2, 0.25) is 0 Å². The maximum Gasteiger partial charge on any atom is 0.258 e. The van der Waals surface area contributed by atoms with E-state index in [4.69, 9.17) is 4.52 Å². The van der Waals surface area contributed by atoms with Crippen LogP contribution in [0.15, 0.2) is 53.1 Å². The molecule has 0 aliphatic heterocycles. The van der Waals surface area contributed by atoms with Gasteiger partial charge < -0.3 is 9.63 Å². The summed E-state index contributed by atoms with van der Waals surface area (Å²) in [5.41, 5.74) is 2.65. The second-order valence-corrected chi connectivity index (χ2v) is 6.00. The van der Waals surface area contributed by atoms with Crippen molar-refractivity contribution in [1.29, 1.82) is 0 Å². The molecule has 0 saturated heterocycles. The maximum atomic E-state index is 13.4. The van der Waals surface area contributed by atoms with Crippen LogP contribution in [-0.2, 0) is 6.54 Å². The summed E-state index contributed by atoms with van der Waals surface area (Å²) >= 11 is 0. The highest BCUT2D eigenvalue weighted by Crippen LogP contribution is 2.24. The Morgan fingerprint density at radius 2 is 2.00 bits per heavy atom.